The molecular weight excluding hydrogens is 320 g/mol. The molecule has 2 aromatic rings. The van der Waals surface area contributed by atoms with Gasteiger partial charge in [0, 0.05) is 30.0 Å². The van der Waals surface area contributed by atoms with Crippen LogP contribution in [0.3, 0.4) is 0 Å². The van der Waals surface area contributed by atoms with Crippen LogP contribution in [0, 0.1) is 6.92 Å². The summed E-state index contributed by atoms with van der Waals surface area (Å²) in [5.41, 5.74) is 9.94. The van der Waals surface area contributed by atoms with Gasteiger partial charge in [-0.15, -0.1) is 0 Å². The lowest BCUT2D eigenvalue weighted by Crippen LogP contribution is -2.07. The third-order valence-corrected chi connectivity index (χ3v) is 4.00. The molecule has 1 aliphatic rings. The predicted octanol–water partition coefficient (Wildman–Crippen LogP) is 2.62. The second kappa shape index (κ2) is 5.01. The maximum Gasteiger partial charge on any atom is 0.148 e. The number of nitrogen functional groups attached to an aromatic ring is 1. The topological polar surface area (TPSA) is 65.1 Å². The van der Waals surface area contributed by atoms with Crippen LogP contribution in [-0.4, -0.2) is 16.4 Å². The van der Waals surface area contributed by atoms with E-state index in [2.05, 4.69) is 38.5 Å². The summed E-state index contributed by atoms with van der Waals surface area (Å²) in [5.74, 6) is 1.84. The summed E-state index contributed by atoms with van der Waals surface area (Å²) < 4.78 is 8.57. The molecule has 0 fully saturated rings. The molecule has 20 heavy (non-hydrogen) atoms. The number of nitrogens with one attached hydrogen (secondary N) is 1. The van der Waals surface area contributed by atoms with Crippen LogP contribution in [0.2, 0.25) is 0 Å². The number of benzene rings is 1. The summed E-state index contributed by atoms with van der Waals surface area (Å²) in [6.45, 7) is 3.32. The first-order valence-electron chi connectivity index (χ1n) is 6.53. The first kappa shape index (κ1) is 13.3. The summed E-state index contributed by atoms with van der Waals surface area (Å²) in [7, 11) is 1.88. The van der Waals surface area contributed by atoms with Crippen molar-refractivity contribution in [3.63, 3.8) is 0 Å². The van der Waals surface area contributed by atoms with Crippen LogP contribution < -0.4 is 15.8 Å². The molecule has 0 amide bonds. The van der Waals surface area contributed by atoms with Gasteiger partial charge in [0.05, 0.1) is 18.0 Å². The summed E-state index contributed by atoms with van der Waals surface area (Å²) in [6, 6.07) is 4.20. The number of ether oxygens (including phenoxy) is 1. The van der Waals surface area contributed by atoms with Gasteiger partial charge in [0.1, 0.15) is 11.6 Å². The first-order valence-corrected chi connectivity index (χ1v) is 7.32. The number of fused-ring (bicyclic) bond motifs is 1. The summed E-state index contributed by atoms with van der Waals surface area (Å²) in [5, 5.41) is 7.65. The van der Waals surface area contributed by atoms with Crippen LogP contribution in [0.4, 0.5) is 11.5 Å². The van der Waals surface area contributed by atoms with E-state index in [1.54, 1.807) is 4.68 Å². The Labute approximate surface area is 126 Å². The van der Waals surface area contributed by atoms with E-state index in [9.17, 15) is 0 Å². The van der Waals surface area contributed by atoms with Gasteiger partial charge < -0.3 is 15.8 Å². The molecule has 0 saturated heterocycles. The number of halogens is 1. The van der Waals surface area contributed by atoms with Crippen LogP contribution >= 0.6 is 15.9 Å². The monoisotopic (exact) mass is 336 g/mol. The Morgan fingerprint density at radius 2 is 2.30 bits per heavy atom. The van der Waals surface area contributed by atoms with Gasteiger partial charge in [0.15, 0.2) is 0 Å². The molecule has 0 spiro atoms. The largest absolute Gasteiger partial charge is 0.493 e. The minimum atomic E-state index is 0.658. The molecule has 1 aromatic heterocycles. The number of nitrogens with zero attached hydrogens (tertiary/aromatic N) is 2. The molecule has 1 aliphatic heterocycles. The van der Waals surface area contributed by atoms with Gasteiger partial charge in [0.25, 0.3) is 0 Å². The second-order valence-electron chi connectivity index (χ2n) is 4.98. The smallest absolute Gasteiger partial charge is 0.148 e. The zero-order valence-corrected chi connectivity index (χ0v) is 13.1. The molecule has 2 heterocycles. The fraction of sp³-hybridized carbons (Fsp3) is 0.357. The highest BCUT2D eigenvalue weighted by Gasteiger charge is 2.18. The zero-order chi connectivity index (χ0) is 14.3. The van der Waals surface area contributed by atoms with E-state index in [1.165, 1.54) is 5.56 Å². The van der Waals surface area contributed by atoms with Crippen molar-refractivity contribution in [2.45, 2.75) is 19.9 Å². The van der Waals surface area contributed by atoms with Gasteiger partial charge >= 0.3 is 0 Å². The van der Waals surface area contributed by atoms with Crippen LogP contribution in [0.15, 0.2) is 16.6 Å². The quantitative estimate of drug-likeness (QED) is 0.904. The van der Waals surface area contributed by atoms with E-state index < -0.39 is 0 Å². The Bertz CT molecular complexity index is 666. The molecule has 0 unspecified atom stereocenters. The third kappa shape index (κ3) is 2.24. The Morgan fingerprint density at radius 3 is 3.00 bits per heavy atom. The number of aryl methyl sites for hydroxylation is 2. The number of aromatic nitrogens is 2. The van der Waals surface area contributed by atoms with Crippen molar-refractivity contribution in [2.75, 3.05) is 17.7 Å². The molecule has 1 aromatic carbocycles. The Hall–Kier alpha value is -1.69. The summed E-state index contributed by atoms with van der Waals surface area (Å²) in [6.07, 6.45) is 0.967. The molecule has 0 aliphatic carbocycles. The minimum Gasteiger partial charge on any atom is -0.493 e. The predicted molar refractivity (Wildman–Crippen MR) is 83.0 cm³/mol. The fourth-order valence-corrected chi connectivity index (χ4v) is 3.09. The molecule has 0 bridgehead atoms. The molecule has 3 N–H and O–H groups in total. The van der Waals surface area contributed by atoms with Crippen molar-refractivity contribution in [1.82, 2.24) is 9.78 Å². The number of rotatable bonds is 3. The highest BCUT2D eigenvalue weighted by Crippen LogP contribution is 2.33. The Kier molecular flexibility index (Phi) is 3.33. The Morgan fingerprint density at radius 1 is 1.50 bits per heavy atom. The van der Waals surface area contributed by atoms with Crippen LogP contribution in [0.5, 0.6) is 5.75 Å². The highest BCUT2D eigenvalue weighted by molar-refractivity contribution is 9.10. The molecule has 3 rings (SSSR count). The molecule has 0 radical (unpaired) electrons. The molecular formula is C14H17BrN4O. The number of hydrogen-bond donors (Lipinski definition) is 2. The summed E-state index contributed by atoms with van der Waals surface area (Å²) in [4.78, 5) is 0. The van der Waals surface area contributed by atoms with Crippen molar-refractivity contribution in [1.29, 1.82) is 0 Å². The molecule has 0 atom stereocenters. The maximum atomic E-state index is 6.02. The first-order chi connectivity index (χ1) is 9.56. The van der Waals surface area contributed by atoms with Crippen LogP contribution in [0.1, 0.15) is 16.8 Å². The fourth-order valence-electron chi connectivity index (χ4n) is 2.54. The van der Waals surface area contributed by atoms with E-state index in [0.717, 1.165) is 40.3 Å². The second-order valence-corrected chi connectivity index (χ2v) is 5.89. The van der Waals surface area contributed by atoms with E-state index in [4.69, 9.17) is 10.5 Å². The van der Waals surface area contributed by atoms with Gasteiger partial charge in [-0.05, 0) is 24.6 Å². The normalized spacial score (nSPS) is 13.2. The van der Waals surface area contributed by atoms with Crippen molar-refractivity contribution >= 4 is 27.4 Å². The van der Waals surface area contributed by atoms with Crippen LogP contribution in [-0.2, 0) is 20.0 Å². The van der Waals surface area contributed by atoms with E-state index >= 15 is 0 Å². The van der Waals surface area contributed by atoms with Crippen molar-refractivity contribution in [3.05, 3.63) is 33.4 Å². The van der Waals surface area contributed by atoms with Gasteiger partial charge in [0.2, 0.25) is 0 Å². The third-order valence-electron chi connectivity index (χ3n) is 3.54. The number of hydrogen-bond acceptors (Lipinski definition) is 4. The molecule has 0 saturated carbocycles. The number of anilines is 2. The van der Waals surface area contributed by atoms with Gasteiger partial charge in [-0.2, -0.15) is 5.10 Å². The maximum absolute atomic E-state index is 6.02. The summed E-state index contributed by atoms with van der Waals surface area (Å²) >= 11 is 3.55. The van der Waals surface area contributed by atoms with Crippen LogP contribution in [0.25, 0.3) is 0 Å². The van der Waals surface area contributed by atoms with Crippen molar-refractivity contribution < 1.29 is 4.74 Å². The average molecular weight is 337 g/mol. The van der Waals surface area contributed by atoms with Gasteiger partial charge in [-0.1, -0.05) is 15.9 Å². The van der Waals surface area contributed by atoms with Gasteiger partial charge in [-0.25, -0.2) is 0 Å². The molecule has 106 valence electrons. The zero-order valence-electron chi connectivity index (χ0n) is 11.5. The standard InChI is InChI=1S/C14H17BrN4O/c1-8-12(16)14(19(2)18-8)17-7-10-6-11(15)5-9-3-4-20-13(9)10/h5-6,17H,3-4,7,16H2,1-2H3. The van der Waals surface area contributed by atoms with E-state index in [1.807, 2.05) is 14.0 Å². The molecule has 5 nitrogen and oxygen atoms in total. The Balaban J connectivity index is 1.86. The molecule has 6 heteroatoms. The lowest BCUT2D eigenvalue weighted by atomic mass is 10.1. The van der Waals surface area contributed by atoms with Crippen molar-refractivity contribution in [2.24, 2.45) is 7.05 Å². The highest BCUT2D eigenvalue weighted by atomic mass is 79.9. The average Bonchev–Trinajstić information content (AvgIpc) is 2.94. The number of nitrogens with two attached hydrogens (primary N) is 1. The van der Waals surface area contributed by atoms with Crippen molar-refractivity contribution in [3.8, 4) is 5.75 Å². The van der Waals surface area contributed by atoms with Gasteiger partial charge in [-0.3, -0.25) is 4.68 Å². The van der Waals surface area contributed by atoms with E-state index in [-0.39, 0.29) is 0 Å². The lowest BCUT2D eigenvalue weighted by Gasteiger charge is -2.12. The lowest BCUT2D eigenvalue weighted by molar-refractivity contribution is 0.354. The van der Waals surface area contributed by atoms with E-state index in [0.29, 0.717) is 12.2 Å². The minimum absolute atomic E-state index is 0.658. The SMILES string of the molecule is Cc1nn(C)c(NCc2cc(Br)cc3c2OCC3)c1N.